The van der Waals surface area contributed by atoms with E-state index < -0.39 is 0 Å². The van der Waals surface area contributed by atoms with Crippen LogP contribution < -0.4 is 0 Å². The van der Waals surface area contributed by atoms with Crippen LogP contribution in [0.5, 0.6) is 0 Å². The maximum atomic E-state index is 4.16. The quantitative estimate of drug-likeness (QED) is 0.715. The molecule has 6 nitrogen and oxygen atoms in total. The average Bonchev–Trinajstić information content (AvgIpc) is 3.09. The Morgan fingerprint density at radius 1 is 0.444 bits per heavy atom. The number of piperazine rings is 1. The molecule has 0 aromatic heterocycles. The van der Waals surface area contributed by atoms with Crippen LogP contribution in [-0.2, 0) is 0 Å². The third-order valence-corrected chi connectivity index (χ3v) is 6.06. The van der Waals surface area contributed by atoms with Gasteiger partial charge in [0.1, 0.15) is 37.0 Å². The summed E-state index contributed by atoms with van der Waals surface area (Å²) in [5.41, 5.74) is 0. The lowest BCUT2D eigenvalue weighted by molar-refractivity contribution is -0.0925. The number of rotatable bonds is 6. The summed E-state index contributed by atoms with van der Waals surface area (Å²) in [6.07, 6.45) is 19.8. The van der Waals surface area contributed by atoms with Gasteiger partial charge in [0.25, 0.3) is 0 Å². The number of hydrogen-bond donors (Lipinski definition) is 0. The van der Waals surface area contributed by atoms with Crippen LogP contribution >= 0.6 is 0 Å². The number of allylic oxidation sites excluding steroid dienone is 3. The van der Waals surface area contributed by atoms with Crippen LogP contribution in [0, 0.1) is 0 Å². The highest BCUT2D eigenvalue weighted by Crippen LogP contribution is 2.52. The van der Waals surface area contributed by atoms with Gasteiger partial charge >= 0.3 is 0 Å². The molecule has 6 unspecified atom stereocenters. The Hall–Kier alpha value is -2.76. The Bertz CT molecular complexity index is 661. The molecular formula is C21H30N6. The van der Waals surface area contributed by atoms with E-state index in [2.05, 4.69) is 107 Å². The highest BCUT2D eigenvalue weighted by molar-refractivity contribution is 5.25. The van der Waals surface area contributed by atoms with Crippen LogP contribution in [0.25, 0.3) is 0 Å². The summed E-state index contributed by atoms with van der Waals surface area (Å²) in [5, 5.41) is 0. The van der Waals surface area contributed by atoms with Gasteiger partial charge in [-0.15, -0.1) is 0 Å². The summed E-state index contributed by atoms with van der Waals surface area (Å²) in [4.78, 5) is 14.5. The Morgan fingerprint density at radius 3 is 0.889 bits per heavy atom. The van der Waals surface area contributed by atoms with Gasteiger partial charge in [0.2, 0.25) is 0 Å². The summed E-state index contributed by atoms with van der Waals surface area (Å²) in [6.45, 7) is 18.7. The topological polar surface area (TPSA) is 19.4 Å². The van der Waals surface area contributed by atoms with Crippen molar-refractivity contribution < 1.29 is 0 Å². The maximum absolute atomic E-state index is 4.16. The zero-order valence-electron chi connectivity index (χ0n) is 16.5. The fourth-order valence-electron chi connectivity index (χ4n) is 5.40. The molecule has 0 N–H and O–H groups in total. The normalized spacial score (nSPS) is 37.0. The Labute approximate surface area is 162 Å². The lowest BCUT2D eigenvalue weighted by Crippen LogP contribution is -2.70. The third kappa shape index (κ3) is 2.01. The summed E-state index contributed by atoms with van der Waals surface area (Å²) in [6, 6.07) is 0. The molecule has 0 aromatic rings. The lowest BCUT2D eigenvalue weighted by Gasteiger charge is -2.54. The molecule has 5 aliphatic heterocycles. The molecular weight excluding hydrogens is 336 g/mol. The molecule has 6 bridgehead atoms. The van der Waals surface area contributed by atoms with Crippen molar-refractivity contribution in [3.8, 4) is 0 Å². The van der Waals surface area contributed by atoms with Crippen LogP contribution in [0.3, 0.4) is 0 Å². The van der Waals surface area contributed by atoms with Crippen molar-refractivity contribution in [1.29, 1.82) is 0 Å². The zero-order valence-corrected chi connectivity index (χ0v) is 16.5. The first-order valence-electron chi connectivity index (χ1n) is 9.60. The molecule has 5 saturated heterocycles. The third-order valence-electron chi connectivity index (χ3n) is 6.06. The van der Waals surface area contributed by atoms with Crippen molar-refractivity contribution in [1.82, 2.24) is 29.4 Å². The minimum atomic E-state index is 0.121. The van der Waals surface area contributed by atoms with Gasteiger partial charge in [-0.2, -0.15) is 0 Å². The van der Waals surface area contributed by atoms with Crippen molar-refractivity contribution in [2.45, 2.75) is 57.8 Å². The van der Waals surface area contributed by atoms with Gasteiger partial charge in [-0.3, -0.25) is 0 Å². The Morgan fingerprint density at radius 2 is 0.667 bits per heavy atom. The van der Waals surface area contributed by atoms with Crippen molar-refractivity contribution in [2.24, 2.45) is 0 Å². The van der Waals surface area contributed by atoms with E-state index in [1.807, 2.05) is 18.6 Å². The standard InChI is InChI=1S/C21H30N6/c1-7-13-25-18-19-24(12-6)17-21(26(19)14-8-2)27(15-9-3)20(25)16(22(17)10-4)23(18)11-5/h7-21H,4-6H2,1-3H3. The molecule has 5 fully saturated rings. The second kappa shape index (κ2) is 6.44. The largest absolute Gasteiger partial charge is 0.331 e. The van der Waals surface area contributed by atoms with Gasteiger partial charge in [0.05, 0.1) is 0 Å². The van der Waals surface area contributed by atoms with E-state index in [4.69, 9.17) is 0 Å². The van der Waals surface area contributed by atoms with Crippen LogP contribution in [0.15, 0.2) is 75.2 Å². The monoisotopic (exact) mass is 366 g/mol. The van der Waals surface area contributed by atoms with Gasteiger partial charge in [0.15, 0.2) is 0 Å². The molecule has 5 aliphatic rings. The lowest BCUT2D eigenvalue weighted by atomic mass is 10.1. The highest BCUT2D eigenvalue weighted by atomic mass is 15.8. The van der Waals surface area contributed by atoms with Gasteiger partial charge in [-0.1, -0.05) is 38.0 Å². The average molecular weight is 367 g/mol. The SMILES string of the molecule is C=CN1C2C3N(C=CC)C(C4N(C=C)C1C(N4C=CC)N3C=CC)N2C=C. The smallest absolute Gasteiger partial charge is 0.144 e. The van der Waals surface area contributed by atoms with Gasteiger partial charge in [-0.25, -0.2) is 0 Å². The van der Waals surface area contributed by atoms with E-state index in [1.54, 1.807) is 0 Å². The molecule has 6 heteroatoms. The van der Waals surface area contributed by atoms with Crippen molar-refractivity contribution in [3.63, 3.8) is 0 Å². The minimum Gasteiger partial charge on any atom is -0.331 e. The minimum absolute atomic E-state index is 0.121. The van der Waals surface area contributed by atoms with Gasteiger partial charge in [0, 0.05) is 0 Å². The summed E-state index contributed by atoms with van der Waals surface area (Å²) in [5.74, 6) is 0. The van der Waals surface area contributed by atoms with E-state index in [0.29, 0.717) is 0 Å². The van der Waals surface area contributed by atoms with Gasteiger partial charge in [-0.05, 0) is 58.0 Å². The molecule has 0 amide bonds. The number of hydrogen-bond acceptors (Lipinski definition) is 6. The predicted molar refractivity (Wildman–Crippen MR) is 109 cm³/mol. The fraction of sp³-hybridized carbons (Fsp3) is 0.429. The molecule has 0 spiro atoms. The fourth-order valence-corrected chi connectivity index (χ4v) is 5.40. The van der Waals surface area contributed by atoms with E-state index in [1.165, 1.54) is 0 Å². The first kappa shape index (κ1) is 17.6. The van der Waals surface area contributed by atoms with Crippen LogP contribution in [0.1, 0.15) is 20.8 Å². The van der Waals surface area contributed by atoms with E-state index in [0.717, 1.165) is 0 Å². The zero-order chi connectivity index (χ0) is 19.3. The molecule has 0 aromatic carbocycles. The van der Waals surface area contributed by atoms with Crippen molar-refractivity contribution in [3.05, 3.63) is 75.2 Å². The molecule has 0 radical (unpaired) electrons. The van der Waals surface area contributed by atoms with E-state index in [-0.39, 0.29) is 37.0 Å². The van der Waals surface area contributed by atoms with E-state index in [9.17, 15) is 0 Å². The Balaban J connectivity index is 2.01. The maximum Gasteiger partial charge on any atom is 0.144 e. The summed E-state index contributed by atoms with van der Waals surface area (Å²) < 4.78 is 0. The van der Waals surface area contributed by atoms with E-state index >= 15 is 0 Å². The molecule has 0 saturated carbocycles. The van der Waals surface area contributed by atoms with Crippen molar-refractivity contribution in [2.75, 3.05) is 0 Å². The highest BCUT2D eigenvalue weighted by Gasteiger charge is 2.69. The molecule has 0 aliphatic carbocycles. The summed E-state index contributed by atoms with van der Waals surface area (Å²) in [7, 11) is 0. The molecule has 5 heterocycles. The van der Waals surface area contributed by atoms with Crippen LogP contribution in [0.2, 0.25) is 0 Å². The second-order valence-electron chi connectivity index (χ2n) is 7.16. The first-order valence-corrected chi connectivity index (χ1v) is 9.60. The predicted octanol–water partition coefficient (Wildman–Crippen LogP) is 2.84. The molecule has 6 atom stereocenters. The van der Waals surface area contributed by atoms with Crippen LogP contribution in [-0.4, -0.2) is 66.4 Å². The summed E-state index contributed by atoms with van der Waals surface area (Å²) >= 11 is 0. The first-order chi connectivity index (χ1) is 13.2. The van der Waals surface area contributed by atoms with Crippen molar-refractivity contribution >= 4 is 0 Å². The van der Waals surface area contributed by atoms with Gasteiger partial charge < -0.3 is 29.4 Å². The van der Waals surface area contributed by atoms with Crippen LogP contribution in [0.4, 0.5) is 0 Å². The molecule has 144 valence electrons. The molecule has 27 heavy (non-hydrogen) atoms. The Kier molecular flexibility index (Phi) is 4.21. The number of nitrogens with zero attached hydrogens (tertiary/aromatic N) is 6. The molecule has 5 rings (SSSR count). The second-order valence-corrected chi connectivity index (χ2v) is 7.16.